The van der Waals surface area contributed by atoms with Crippen LogP contribution in [-0.4, -0.2) is 37.4 Å². The van der Waals surface area contributed by atoms with Gasteiger partial charge in [-0.1, -0.05) is 13.3 Å². The van der Waals surface area contributed by atoms with Crippen molar-refractivity contribution in [2.45, 2.75) is 19.8 Å². The average Bonchev–Trinajstić information content (AvgIpc) is 2.83. The van der Waals surface area contributed by atoms with Crippen LogP contribution in [0.2, 0.25) is 0 Å². The Kier molecular flexibility index (Phi) is 5.55. The van der Waals surface area contributed by atoms with Crippen LogP contribution in [-0.2, 0) is 14.6 Å². The minimum Gasteiger partial charge on any atom is -0.462 e. The number of nitrogens with zero attached hydrogens (tertiary/aromatic N) is 1. The van der Waals surface area contributed by atoms with E-state index >= 15 is 0 Å². The number of anilines is 1. The van der Waals surface area contributed by atoms with Gasteiger partial charge in [-0.25, -0.2) is 13.2 Å². The SMILES string of the molecule is CCCCOC(=O)c1ccc(NC2=C([N+](=O)[O-])CS(=O)(=O)C2)cc1. The molecule has 0 fully saturated rings. The highest BCUT2D eigenvalue weighted by Crippen LogP contribution is 2.22. The van der Waals surface area contributed by atoms with Gasteiger partial charge in [-0.15, -0.1) is 0 Å². The van der Waals surface area contributed by atoms with E-state index in [4.69, 9.17) is 4.74 Å². The minimum atomic E-state index is -3.50. The highest BCUT2D eigenvalue weighted by molar-refractivity contribution is 7.92. The lowest BCUT2D eigenvalue weighted by Gasteiger charge is -2.08. The van der Waals surface area contributed by atoms with Crippen LogP contribution in [0.1, 0.15) is 30.1 Å². The summed E-state index contributed by atoms with van der Waals surface area (Å²) < 4.78 is 28.2. The maximum atomic E-state index is 11.8. The van der Waals surface area contributed by atoms with Crippen molar-refractivity contribution in [2.24, 2.45) is 0 Å². The number of carbonyl (C=O) groups is 1. The lowest BCUT2D eigenvalue weighted by molar-refractivity contribution is -0.424. The van der Waals surface area contributed by atoms with Gasteiger partial charge in [0.1, 0.15) is 11.4 Å². The maximum Gasteiger partial charge on any atom is 0.338 e. The van der Waals surface area contributed by atoms with Crippen LogP contribution in [0.15, 0.2) is 35.7 Å². The molecule has 1 aliphatic heterocycles. The fourth-order valence-electron chi connectivity index (χ4n) is 2.18. The van der Waals surface area contributed by atoms with Crippen LogP contribution in [0.4, 0.5) is 5.69 Å². The van der Waals surface area contributed by atoms with Gasteiger partial charge in [0, 0.05) is 5.69 Å². The Bertz CT molecular complexity index is 768. The molecule has 1 aromatic rings. The molecular weight excluding hydrogens is 336 g/mol. The molecule has 0 atom stereocenters. The zero-order valence-corrected chi connectivity index (χ0v) is 14.0. The number of nitrogens with one attached hydrogen (secondary N) is 1. The summed E-state index contributed by atoms with van der Waals surface area (Å²) in [6.07, 6.45) is 1.71. The normalized spacial score (nSPS) is 16.0. The topological polar surface area (TPSA) is 116 Å². The third kappa shape index (κ3) is 4.54. The van der Waals surface area contributed by atoms with Crippen LogP contribution in [0, 0.1) is 10.1 Å². The van der Waals surface area contributed by atoms with Crippen molar-refractivity contribution >= 4 is 21.5 Å². The number of nitro groups is 1. The Hall–Kier alpha value is -2.42. The number of rotatable bonds is 7. The molecule has 0 radical (unpaired) electrons. The summed E-state index contributed by atoms with van der Waals surface area (Å²) in [4.78, 5) is 22.0. The van der Waals surface area contributed by atoms with Gasteiger partial charge in [0.05, 0.1) is 22.8 Å². The molecule has 24 heavy (non-hydrogen) atoms. The number of carbonyl (C=O) groups excluding carboxylic acids is 1. The second-order valence-electron chi connectivity index (χ2n) is 5.41. The summed E-state index contributed by atoms with van der Waals surface area (Å²) in [7, 11) is -3.50. The van der Waals surface area contributed by atoms with Crippen LogP contribution in [0.5, 0.6) is 0 Å². The Balaban J connectivity index is 2.07. The third-order valence-electron chi connectivity index (χ3n) is 3.44. The van der Waals surface area contributed by atoms with Crippen molar-refractivity contribution in [2.75, 3.05) is 23.4 Å². The maximum absolute atomic E-state index is 11.8. The van der Waals surface area contributed by atoms with E-state index < -0.39 is 32.2 Å². The van der Waals surface area contributed by atoms with E-state index in [1.165, 1.54) is 12.1 Å². The van der Waals surface area contributed by atoms with Gasteiger partial charge >= 0.3 is 5.97 Å². The molecule has 0 bridgehead atoms. The van der Waals surface area contributed by atoms with Gasteiger partial charge in [0.2, 0.25) is 0 Å². The standard InChI is InChI=1S/C15H18N2O6S/c1-2-3-8-23-15(18)11-4-6-12(7-5-11)16-13-9-24(21,22)10-14(13)17(19)20/h4-7,16H,2-3,8-10H2,1H3. The summed E-state index contributed by atoms with van der Waals surface area (Å²) in [5, 5.41) is 13.7. The number of hydrogen-bond acceptors (Lipinski definition) is 7. The molecule has 1 aromatic carbocycles. The third-order valence-corrected chi connectivity index (χ3v) is 4.88. The first-order chi connectivity index (χ1) is 11.3. The summed E-state index contributed by atoms with van der Waals surface area (Å²) in [6, 6.07) is 6.14. The molecule has 0 saturated heterocycles. The van der Waals surface area contributed by atoms with Crippen molar-refractivity contribution in [3.63, 3.8) is 0 Å². The molecule has 2 rings (SSSR count). The second kappa shape index (κ2) is 7.43. The molecule has 9 heteroatoms. The van der Waals surface area contributed by atoms with Gasteiger partial charge in [-0.05, 0) is 30.7 Å². The first-order valence-corrected chi connectivity index (χ1v) is 9.25. The molecule has 0 aromatic heterocycles. The number of hydrogen-bond donors (Lipinski definition) is 1. The molecule has 0 saturated carbocycles. The molecule has 0 aliphatic carbocycles. The van der Waals surface area contributed by atoms with Crippen molar-refractivity contribution in [1.82, 2.24) is 0 Å². The van der Waals surface area contributed by atoms with E-state index in [9.17, 15) is 23.3 Å². The van der Waals surface area contributed by atoms with Gasteiger partial charge < -0.3 is 10.1 Å². The van der Waals surface area contributed by atoms with Crippen molar-refractivity contribution in [3.05, 3.63) is 51.3 Å². The predicted molar refractivity (Wildman–Crippen MR) is 87.9 cm³/mol. The highest BCUT2D eigenvalue weighted by Gasteiger charge is 2.35. The molecule has 1 N–H and O–H groups in total. The summed E-state index contributed by atoms with van der Waals surface area (Å²) >= 11 is 0. The lowest BCUT2D eigenvalue weighted by atomic mass is 10.2. The monoisotopic (exact) mass is 354 g/mol. The largest absolute Gasteiger partial charge is 0.462 e. The van der Waals surface area contributed by atoms with Crippen molar-refractivity contribution < 1.29 is 22.9 Å². The van der Waals surface area contributed by atoms with E-state index in [1.807, 2.05) is 6.92 Å². The molecule has 1 aliphatic rings. The number of unbranched alkanes of at least 4 members (excludes halogenated alkanes) is 1. The smallest absolute Gasteiger partial charge is 0.338 e. The molecule has 130 valence electrons. The van der Waals surface area contributed by atoms with Gasteiger partial charge in [0.25, 0.3) is 5.70 Å². The van der Waals surface area contributed by atoms with E-state index in [0.717, 1.165) is 12.8 Å². The van der Waals surface area contributed by atoms with E-state index in [0.29, 0.717) is 17.9 Å². The second-order valence-corrected chi connectivity index (χ2v) is 7.47. The van der Waals surface area contributed by atoms with Gasteiger partial charge in [-0.2, -0.15) is 0 Å². The molecule has 1 heterocycles. The van der Waals surface area contributed by atoms with Crippen LogP contribution in [0.3, 0.4) is 0 Å². The Morgan fingerprint density at radius 2 is 1.96 bits per heavy atom. The first-order valence-electron chi connectivity index (χ1n) is 7.43. The first kappa shape index (κ1) is 17.9. The Labute approximate surface area is 139 Å². The molecule has 8 nitrogen and oxygen atoms in total. The van der Waals surface area contributed by atoms with Crippen LogP contribution >= 0.6 is 0 Å². The number of sulfone groups is 1. The van der Waals surface area contributed by atoms with E-state index in [-0.39, 0.29) is 11.4 Å². The number of esters is 1. The molecular formula is C15H18N2O6S. The molecule has 0 spiro atoms. The van der Waals surface area contributed by atoms with E-state index in [2.05, 4.69) is 5.32 Å². The quantitative estimate of drug-likeness (QED) is 0.344. The van der Waals surface area contributed by atoms with Gasteiger partial charge in [-0.3, -0.25) is 10.1 Å². The summed E-state index contributed by atoms with van der Waals surface area (Å²) in [5.74, 6) is -1.42. The van der Waals surface area contributed by atoms with Crippen LogP contribution in [0.25, 0.3) is 0 Å². The Morgan fingerprint density at radius 3 is 2.54 bits per heavy atom. The predicted octanol–water partition coefficient (Wildman–Crippen LogP) is 1.97. The van der Waals surface area contributed by atoms with Gasteiger partial charge in [0.15, 0.2) is 9.84 Å². The summed E-state index contributed by atoms with van der Waals surface area (Å²) in [5.41, 5.74) is 0.530. The molecule has 0 unspecified atom stereocenters. The fourth-order valence-corrected chi connectivity index (χ4v) is 3.65. The minimum absolute atomic E-state index is 0.0540. The van der Waals surface area contributed by atoms with E-state index in [1.54, 1.807) is 12.1 Å². The lowest BCUT2D eigenvalue weighted by Crippen LogP contribution is -2.09. The van der Waals surface area contributed by atoms with Crippen LogP contribution < -0.4 is 5.32 Å². The molecule has 0 amide bonds. The average molecular weight is 354 g/mol. The Morgan fingerprint density at radius 1 is 1.29 bits per heavy atom. The van der Waals surface area contributed by atoms with Crippen molar-refractivity contribution in [1.29, 1.82) is 0 Å². The zero-order valence-electron chi connectivity index (χ0n) is 13.1. The number of ether oxygens (including phenoxy) is 1. The highest BCUT2D eigenvalue weighted by atomic mass is 32.2. The number of benzene rings is 1. The zero-order chi connectivity index (χ0) is 17.7. The summed E-state index contributed by atoms with van der Waals surface area (Å²) in [6.45, 7) is 2.34. The fraction of sp³-hybridized carbons (Fsp3) is 0.400. The van der Waals surface area contributed by atoms with Crippen molar-refractivity contribution in [3.8, 4) is 0 Å².